The van der Waals surface area contributed by atoms with Gasteiger partial charge in [0.25, 0.3) is 0 Å². The van der Waals surface area contributed by atoms with Crippen LogP contribution in [0.15, 0.2) is 42.5 Å². The first-order valence-corrected chi connectivity index (χ1v) is 8.40. The summed E-state index contributed by atoms with van der Waals surface area (Å²) in [5.41, 5.74) is 11.5. The molecule has 124 valence electrons. The van der Waals surface area contributed by atoms with Crippen molar-refractivity contribution in [1.82, 2.24) is 4.98 Å². The molecule has 2 N–H and O–H groups in total. The predicted molar refractivity (Wildman–Crippen MR) is 104 cm³/mol. The highest BCUT2D eigenvalue weighted by Gasteiger charge is 2.17. The van der Waals surface area contributed by atoms with E-state index in [1.807, 2.05) is 38.1 Å². The molecule has 0 aliphatic rings. The average molecular weight is 368 g/mol. The molecule has 0 atom stereocenters. The van der Waals surface area contributed by atoms with Crippen LogP contribution in [-0.4, -0.2) is 4.98 Å². The molecule has 3 rings (SSSR count). The van der Waals surface area contributed by atoms with Gasteiger partial charge < -0.3 is 5.73 Å². The molecule has 1 heterocycles. The number of benzene rings is 2. The van der Waals surface area contributed by atoms with E-state index in [0.717, 1.165) is 11.1 Å². The number of anilines is 1. The average Bonchev–Trinajstić information content (AvgIpc) is 2.56. The van der Waals surface area contributed by atoms with E-state index in [1.165, 1.54) is 5.56 Å². The summed E-state index contributed by atoms with van der Waals surface area (Å²) >= 11 is 12.5. The number of nitrogen functional groups attached to an aromatic ring is 1. The fraction of sp³-hybridized carbons (Fsp3) is 0.100. The number of halogens is 2. The van der Waals surface area contributed by atoms with Gasteiger partial charge in [-0.15, -0.1) is 0 Å². The molecule has 1 aromatic heterocycles. The van der Waals surface area contributed by atoms with Crippen molar-refractivity contribution in [3.8, 4) is 28.5 Å². The highest BCUT2D eigenvalue weighted by Crippen LogP contribution is 2.38. The summed E-state index contributed by atoms with van der Waals surface area (Å²) in [7, 11) is 0. The highest BCUT2D eigenvalue weighted by atomic mass is 35.5. The highest BCUT2D eigenvalue weighted by molar-refractivity contribution is 6.43. The van der Waals surface area contributed by atoms with Crippen LogP contribution >= 0.6 is 23.2 Å². The summed E-state index contributed by atoms with van der Waals surface area (Å²) in [6.07, 6.45) is 0. The largest absolute Gasteiger partial charge is 0.383 e. The maximum absolute atomic E-state index is 9.53. The Bertz CT molecular complexity index is 1020. The minimum absolute atomic E-state index is 0.172. The molecule has 0 unspecified atom stereocenters. The van der Waals surface area contributed by atoms with E-state index >= 15 is 0 Å². The van der Waals surface area contributed by atoms with E-state index in [4.69, 9.17) is 28.9 Å². The lowest BCUT2D eigenvalue weighted by molar-refractivity contribution is 1.28. The molecule has 3 aromatic rings. The first-order chi connectivity index (χ1) is 11.9. The van der Waals surface area contributed by atoms with E-state index in [2.05, 4.69) is 17.1 Å². The second-order valence-electron chi connectivity index (χ2n) is 5.85. The van der Waals surface area contributed by atoms with Crippen LogP contribution in [0.3, 0.4) is 0 Å². The number of aromatic nitrogens is 1. The number of pyridine rings is 1. The molecule has 0 radical (unpaired) electrons. The van der Waals surface area contributed by atoms with Crippen LogP contribution < -0.4 is 5.73 Å². The van der Waals surface area contributed by atoms with E-state index in [0.29, 0.717) is 26.9 Å². The molecule has 0 fully saturated rings. The number of rotatable bonds is 2. The van der Waals surface area contributed by atoms with Gasteiger partial charge in [0, 0.05) is 16.7 Å². The maximum atomic E-state index is 9.53. The van der Waals surface area contributed by atoms with Crippen LogP contribution in [0.5, 0.6) is 0 Å². The maximum Gasteiger partial charge on any atom is 0.142 e. The zero-order chi connectivity index (χ0) is 18.1. The second-order valence-corrected chi connectivity index (χ2v) is 6.63. The Kier molecular flexibility index (Phi) is 4.67. The third kappa shape index (κ3) is 3.19. The Balaban J connectivity index is 2.30. The lowest BCUT2D eigenvalue weighted by Gasteiger charge is -2.13. The number of hydrogen-bond donors (Lipinski definition) is 1. The van der Waals surface area contributed by atoms with Gasteiger partial charge in [-0.1, -0.05) is 59.1 Å². The SMILES string of the molecule is Cc1ccc(-c2cc(-c3cccc(Cl)c3Cl)c(C#N)c(N)n2)c(C)c1. The molecule has 0 saturated carbocycles. The summed E-state index contributed by atoms with van der Waals surface area (Å²) in [5, 5.41) is 10.3. The van der Waals surface area contributed by atoms with Gasteiger partial charge in [0.2, 0.25) is 0 Å². The topological polar surface area (TPSA) is 62.7 Å². The van der Waals surface area contributed by atoms with Crippen molar-refractivity contribution in [2.24, 2.45) is 0 Å². The van der Waals surface area contributed by atoms with E-state index in [1.54, 1.807) is 12.1 Å². The van der Waals surface area contributed by atoms with Gasteiger partial charge in [-0.05, 0) is 31.5 Å². The molecule has 0 saturated heterocycles. The standard InChI is InChI=1S/C20H15Cl2N3/c1-11-6-7-13(12(2)8-11)18-9-15(16(10-23)20(24)25-18)14-4-3-5-17(21)19(14)22/h3-9H,1-2H3,(H2,24,25). The van der Waals surface area contributed by atoms with Gasteiger partial charge >= 0.3 is 0 Å². The molecule has 0 aliphatic carbocycles. The Morgan fingerprint density at radius 2 is 1.76 bits per heavy atom. The third-order valence-electron chi connectivity index (χ3n) is 4.06. The lowest BCUT2D eigenvalue weighted by Crippen LogP contribution is -2.01. The summed E-state index contributed by atoms with van der Waals surface area (Å²) in [4.78, 5) is 4.42. The first-order valence-electron chi connectivity index (χ1n) is 7.65. The first kappa shape index (κ1) is 17.3. The van der Waals surface area contributed by atoms with Crippen molar-refractivity contribution in [3.63, 3.8) is 0 Å². The summed E-state index contributed by atoms with van der Waals surface area (Å²) in [5.74, 6) is 0.172. The second kappa shape index (κ2) is 6.76. The van der Waals surface area contributed by atoms with Gasteiger partial charge in [0.1, 0.15) is 17.5 Å². The molecule has 2 aromatic carbocycles. The smallest absolute Gasteiger partial charge is 0.142 e. The van der Waals surface area contributed by atoms with Crippen LogP contribution in [0, 0.1) is 25.2 Å². The van der Waals surface area contributed by atoms with E-state index in [9.17, 15) is 5.26 Å². The van der Waals surface area contributed by atoms with Gasteiger partial charge in [0.15, 0.2) is 0 Å². The third-order valence-corrected chi connectivity index (χ3v) is 4.88. The van der Waals surface area contributed by atoms with Gasteiger partial charge in [0.05, 0.1) is 15.7 Å². The van der Waals surface area contributed by atoms with E-state index < -0.39 is 0 Å². The molecular formula is C20H15Cl2N3. The molecule has 25 heavy (non-hydrogen) atoms. The quantitative estimate of drug-likeness (QED) is 0.622. The molecule has 0 amide bonds. The van der Waals surface area contributed by atoms with E-state index in [-0.39, 0.29) is 11.4 Å². The number of nitrogens with two attached hydrogens (primary N) is 1. The van der Waals surface area contributed by atoms with Crippen molar-refractivity contribution in [2.45, 2.75) is 13.8 Å². The van der Waals surface area contributed by atoms with Gasteiger partial charge in [-0.25, -0.2) is 4.98 Å². The number of hydrogen-bond acceptors (Lipinski definition) is 3. The minimum Gasteiger partial charge on any atom is -0.383 e. The zero-order valence-corrected chi connectivity index (χ0v) is 15.3. The Labute approximate surface area is 156 Å². The number of aryl methyl sites for hydroxylation is 2. The van der Waals surface area contributed by atoms with Crippen LogP contribution in [-0.2, 0) is 0 Å². The fourth-order valence-corrected chi connectivity index (χ4v) is 3.25. The normalized spacial score (nSPS) is 10.5. The minimum atomic E-state index is 0.172. The fourth-order valence-electron chi connectivity index (χ4n) is 2.85. The van der Waals surface area contributed by atoms with Crippen molar-refractivity contribution in [1.29, 1.82) is 5.26 Å². The van der Waals surface area contributed by atoms with Gasteiger partial charge in [-0.2, -0.15) is 5.26 Å². The Hall–Kier alpha value is -2.54. The number of nitrogens with zero attached hydrogens (tertiary/aromatic N) is 2. The Morgan fingerprint density at radius 1 is 1.00 bits per heavy atom. The van der Waals surface area contributed by atoms with Crippen molar-refractivity contribution >= 4 is 29.0 Å². The van der Waals surface area contributed by atoms with Crippen LogP contribution in [0.2, 0.25) is 10.0 Å². The summed E-state index contributed by atoms with van der Waals surface area (Å²) in [6.45, 7) is 4.05. The Morgan fingerprint density at radius 3 is 2.44 bits per heavy atom. The molecule has 5 heteroatoms. The summed E-state index contributed by atoms with van der Waals surface area (Å²) < 4.78 is 0. The zero-order valence-electron chi connectivity index (χ0n) is 13.8. The van der Waals surface area contributed by atoms with Crippen LogP contribution in [0.4, 0.5) is 5.82 Å². The van der Waals surface area contributed by atoms with Crippen molar-refractivity contribution in [3.05, 3.63) is 69.2 Å². The van der Waals surface area contributed by atoms with Crippen LogP contribution in [0.25, 0.3) is 22.4 Å². The molecule has 3 nitrogen and oxygen atoms in total. The predicted octanol–water partition coefficient (Wildman–Crippen LogP) is 5.79. The summed E-state index contributed by atoms with van der Waals surface area (Å²) in [6, 6.07) is 15.4. The molecule has 0 spiro atoms. The molecule has 0 aliphatic heterocycles. The molecule has 0 bridgehead atoms. The van der Waals surface area contributed by atoms with Crippen molar-refractivity contribution in [2.75, 3.05) is 5.73 Å². The number of nitriles is 1. The molecular weight excluding hydrogens is 353 g/mol. The van der Waals surface area contributed by atoms with Crippen molar-refractivity contribution < 1.29 is 0 Å². The van der Waals surface area contributed by atoms with Crippen LogP contribution in [0.1, 0.15) is 16.7 Å². The monoisotopic (exact) mass is 367 g/mol. The lowest BCUT2D eigenvalue weighted by atomic mass is 9.96. The van der Waals surface area contributed by atoms with Gasteiger partial charge in [-0.3, -0.25) is 0 Å².